The second-order valence-electron chi connectivity index (χ2n) is 8.05. The Kier molecular flexibility index (Phi) is 7.97. The van der Waals surface area contributed by atoms with Crippen LogP contribution in [0.2, 0.25) is 0 Å². The van der Waals surface area contributed by atoms with E-state index in [1.165, 1.54) is 23.6 Å². The zero-order valence-electron chi connectivity index (χ0n) is 19.3. The predicted octanol–water partition coefficient (Wildman–Crippen LogP) is 4.92. The van der Waals surface area contributed by atoms with Crippen LogP contribution in [0.1, 0.15) is 34.7 Å². The number of nitrogens with one attached hydrogen (secondary N) is 3. The number of rotatable bonds is 9. The van der Waals surface area contributed by atoms with Crippen LogP contribution in [0.4, 0.5) is 5.69 Å². The molecule has 170 valence electrons. The summed E-state index contributed by atoms with van der Waals surface area (Å²) >= 11 is 0. The van der Waals surface area contributed by atoms with Gasteiger partial charge in [0.1, 0.15) is 5.75 Å². The van der Waals surface area contributed by atoms with Crippen molar-refractivity contribution in [3.05, 3.63) is 94.5 Å². The average molecular weight is 443 g/mol. The van der Waals surface area contributed by atoms with Gasteiger partial charge in [-0.1, -0.05) is 60.7 Å². The molecule has 0 saturated carbocycles. The highest BCUT2D eigenvalue weighted by Crippen LogP contribution is 2.29. The van der Waals surface area contributed by atoms with Gasteiger partial charge in [0.05, 0.1) is 11.4 Å². The number of anilines is 1. The molecule has 0 saturated heterocycles. The van der Waals surface area contributed by atoms with Gasteiger partial charge in [0.2, 0.25) is 0 Å². The largest absolute Gasteiger partial charge is 0.505 e. The van der Waals surface area contributed by atoms with Crippen LogP contribution in [0.15, 0.2) is 71.8 Å². The molecule has 33 heavy (non-hydrogen) atoms. The Balaban J connectivity index is 1.70. The van der Waals surface area contributed by atoms with E-state index in [-0.39, 0.29) is 17.2 Å². The zero-order valence-corrected chi connectivity index (χ0v) is 19.3. The number of benzene rings is 3. The van der Waals surface area contributed by atoms with Gasteiger partial charge in [-0.3, -0.25) is 10.2 Å². The maximum absolute atomic E-state index is 12.6. The van der Waals surface area contributed by atoms with Crippen LogP contribution in [0, 0.1) is 19.3 Å². The lowest BCUT2D eigenvalue weighted by Gasteiger charge is -2.13. The van der Waals surface area contributed by atoms with E-state index in [4.69, 9.17) is 5.41 Å². The predicted molar refractivity (Wildman–Crippen MR) is 134 cm³/mol. The van der Waals surface area contributed by atoms with E-state index in [1.54, 1.807) is 6.07 Å². The van der Waals surface area contributed by atoms with Crippen molar-refractivity contribution in [2.45, 2.75) is 40.2 Å². The smallest absolute Gasteiger partial charge is 0.273 e. The average Bonchev–Trinajstić information content (AvgIpc) is 2.80. The molecule has 3 aromatic carbocycles. The number of aromatic hydroxyl groups is 1. The Morgan fingerprint density at radius 1 is 0.939 bits per heavy atom. The number of hydrazone groups is 1. The first-order chi connectivity index (χ1) is 15.9. The van der Waals surface area contributed by atoms with Gasteiger partial charge >= 0.3 is 0 Å². The molecule has 0 aliphatic heterocycles. The van der Waals surface area contributed by atoms with Gasteiger partial charge in [-0.15, -0.1) is 0 Å². The normalized spacial score (nSPS) is 11.2. The number of hydrogen-bond acceptors (Lipinski definition) is 5. The van der Waals surface area contributed by atoms with E-state index >= 15 is 0 Å². The van der Waals surface area contributed by atoms with E-state index in [0.717, 1.165) is 17.5 Å². The van der Waals surface area contributed by atoms with Gasteiger partial charge in [-0.05, 0) is 67.5 Å². The lowest BCUT2D eigenvalue weighted by Crippen LogP contribution is -2.35. The Bertz CT molecular complexity index is 1150. The van der Waals surface area contributed by atoms with Crippen LogP contribution in [-0.2, 0) is 24.2 Å². The molecular weight excluding hydrogens is 412 g/mol. The molecule has 1 amide bonds. The molecule has 0 atom stereocenters. The van der Waals surface area contributed by atoms with Crippen molar-refractivity contribution in [1.29, 1.82) is 5.41 Å². The molecule has 0 aliphatic rings. The van der Waals surface area contributed by atoms with Crippen LogP contribution in [0.5, 0.6) is 5.75 Å². The van der Waals surface area contributed by atoms with E-state index in [9.17, 15) is 9.90 Å². The molecule has 6 nitrogen and oxygen atoms in total. The Labute approximate surface area is 194 Å². The lowest BCUT2D eigenvalue weighted by molar-refractivity contribution is -0.114. The van der Waals surface area contributed by atoms with Crippen molar-refractivity contribution >= 4 is 23.0 Å². The molecule has 0 bridgehead atoms. The second-order valence-corrected chi connectivity index (χ2v) is 8.05. The highest BCUT2D eigenvalue weighted by Gasteiger charge is 2.15. The van der Waals surface area contributed by atoms with Crippen molar-refractivity contribution in [1.82, 2.24) is 5.32 Å². The number of aryl methyl sites for hydroxylation is 3. The second kappa shape index (κ2) is 11.1. The fourth-order valence-corrected chi connectivity index (χ4v) is 3.67. The van der Waals surface area contributed by atoms with Gasteiger partial charge in [0, 0.05) is 6.54 Å². The third-order valence-electron chi connectivity index (χ3n) is 5.56. The first-order valence-electron chi connectivity index (χ1n) is 10.9. The van der Waals surface area contributed by atoms with E-state index in [1.807, 2.05) is 48.5 Å². The molecule has 0 heterocycles. The summed E-state index contributed by atoms with van der Waals surface area (Å²) in [5.74, 6) is -0.358. The van der Waals surface area contributed by atoms with Crippen molar-refractivity contribution in [2.75, 3.05) is 5.43 Å². The number of phenols is 1. The number of para-hydroxylation sites is 1. The molecule has 0 radical (unpaired) electrons. The lowest BCUT2D eigenvalue weighted by atomic mass is 9.96. The summed E-state index contributed by atoms with van der Waals surface area (Å²) in [4.78, 5) is 12.6. The highest BCUT2D eigenvalue weighted by atomic mass is 16.3. The minimum Gasteiger partial charge on any atom is -0.505 e. The SMILES string of the molecule is CC(=N)/C(=N/Nc1cccc(CCc2c(C)cccc2C)c1O)C(=O)NCc1ccccc1. The van der Waals surface area contributed by atoms with Crippen LogP contribution in [-0.4, -0.2) is 22.4 Å². The van der Waals surface area contributed by atoms with Gasteiger partial charge in [-0.25, -0.2) is 0 Å². The Hall–Kier alpha value is -3.93. The summed E-state index contributed by atoms with van der Waals surface area (Å²) in [6.45, 7) is 6.03. The Morgan fingerprint density at radius 3 is 2.27 bits per heavy atom. The first kappa shape index (κ1) is 23.7. The fraction of sp³-hybridized carbons (Fsp3) is 0.222. The van der Waals surface area contributed by atoms with Crippen molar-refractivity contribution in [3.8, 4) is 5.75 Å². The van der Waals surface area contributed by atoms with Crippen LogP contribution >= 0.6 is 0 Å². The fourth-order valence-electron chi connectivity index (χ4n) is 3.67. The van der Waals surface area contributed by atoms with E-state index in [0.29, 0.717) is 18.7 Å². The Morgan fingerprint density at radius 2 is 1.61 bits per heavy atom. The monoisotopic (exact) mass is 442 g/mol. The molecule has 0 aromatic heterocycles. The molecular formula is C27H30N4O2. The van der Waals surface area contributed by atoms with Crippen LogP contribution < -0.4 is 10.7 Å². The van der Waals surface area contributed by atoms with Gasteiger partial charge < -0.3 is 15.8 Å². The molecule has 0 aliphatic carbocycles. The molecule has 4 N–H and O–H groups in total. The molecule has 6 heteroatoms. The summed E-state index contributed by atoms with van der Waals surface area (Å²) in [6.07, 6.45) is 1.48. The molecule has 0 spiro atoms. The number of carbonyl (C=O) groups is 1. The number of carbonyl (C=O) groups excluding carboxylic acids is 1. The molecule has 0 fully saturated rings. The summed E-state index contributed by atoms with van der Waals surface area (Å²) < 4.78 is 0. The van der Waals surface area contributed by atoms with Gasteiger partial charge in [0.25, 0.3) is 5.91 Å². The van der Waals surface area contributed by atoms with Gasteiger partial charge in [-0.2, -0.15) is 5.10 Å². The van der Waals surface area contributed by atoms with E-state index < -0.39 is 5.91 Å². The van der Waals surface area contributed by atoms with Crippen molar-refractivity contribution in [3.63, 3.8) is 0 Å². The van der Waals surface area contributed by atoms with Crippen LogP contribution in [0.25, 0.3) is 0 Å². The zero-order chi connectivity index (χ0) is 23.8. The quantitative estimate of drug-likeness (QED) is 0.215. The molecule has 3 rings (SSSR count). The van der Waals surface area contributed by atoms with Gasteiger partial charge in [0.15, 0.2) is 5.71 Å². The number of amides is 1. The molecule has 0 unspecified atom stereocenters. The van der Waals surface area contributed by atoms with E-state index in [2.05, 4.69) is 41.8 Å². The topological polar surface area (TPSA) is 97.6 Å². The third-order valence-corrected chi connectivity index (χ3v) is 5.56. The third kappa shape index (κ3) is 6.29. The summed E-state index contributed by atoms with van der Waals surface area (Å²) in [6, 6.07) is 21.2. The first-order valence-corrected chi connectivity index (χ1v) is 10.9. The molecule has 3 aromatic rings. The standard InChI is InChI=1S/C27H30N4O2/c1-18-9-7-10-19(2)23(18)16-15-22-13-8-14-24(26(22)32)30-31-25(20(3)28)27(33)29-17-21-11-5-4-6-12-21/h4-14,28,30,32H,15-17H2,1-3H3,(H,29,33)/b28-20?,31-25-. The minimum atomic E-state index is -0.454. The maximum Gasteiger partial charge on any atom is 0.273 e. The number of nitrogens with zero attached hydrogens (tertiary/aromatic N) is 1. The summed E-state index contributed by atoms with van der Waals surface area (Å²) in [5.41, 5.74) is 8.66. The van der Waals surface area contributed by atoms with Crippen molar-refractivity contribution < 1.29 is 9.90 Å². The minimum absolute atomic E-state index is 0.0266. The maximum atomic E-state index is 12.6. The number of hydrogen-bond donors (Lipinski definition) is 4. The number of phenolic OH excluding ortho intramolecular Hbond substituents is 1. The highest BCUT2D eigenvalue weighted by molar-refractivity contribution is 6.66. The summed E-state index contributed by atoms with van der Waals surface area (Å²) in [7, 11) is 0. The van der Waals surface area contributed by atoms with Crippen molar-refractivity contribution in [2.24, 2.45) is 5.10 Å². The summed E-state index contributed by atoms with van der Waals surface area (Å²) in [5, 5.41) is 25.6. The van der Waals surface area contributed by atoms with Crippen LogP contribution in [0.3, 0.4) is 0 Å².